The van der Waals surface area contributed by atoms with E-state index in [4.69, 9.17) is 4.74 Å². The van der Waals surface area contributed by atoms with E-state index >= 15 is 0 Å². The number of likely N-dealkylation sites (N-methyl/N-ethyl adjacent to an activating group) is 1. The molecule has 5 heteroatoms. The summed E-state index contributed by atoms with van der Waals surface area (Å²) in [5.74, 6) is 0. The first-order valence-electron chi connectivity index (χ1n) is 7.19. The van der Waals surface area contributed by atoms with Gasteiger partial charge in [0.05, 0.1) is 22.9 Å². The lowest BCUT2D eigenvalue weighted by atomic mass is 10.2. The highest BCUT2D eigenvalue weighted by Crippen LogP contribution is 2.26. The second-order valence-electron chi connectivity index (χ2n) is 5.26. The summed E-state index contributed by atoms with van der Waals surface area (Å²) < 4.78 is 7.03. The van der Waals surface area contributed by atoms with Gasteiger partial charge in [0.2, 0.25) is 0 Å². The number of anilines is 1. The second-order valence-corrected chi connectivity index (χ2v) is 6.29. The second kappa shape index (κ2) is 6.08. The van der Waals surface area contributed by atoms with E-state index in [-0.39, 0.29) is 6.10 Å². The van der Waals surface area contributed by atoms with Crippen molar-refractivity contribution in [3.05, 3.63) is 23.8 Å². The molecule has 1 aliphatic rings. The number of nitrogens with zero attached hydrogens (tertiary/aromatic N) is 2. The first kappa shape index (κ1) is 13.8. The Morgan fingerprint density at radius 2 is 2.40 bits per heavy atom. The van der Waals surface area contributed by atoms with E-state index in [1.165, 1.54) is 10.3 Å². The molecule has 1 aliphatic heterocycles. The molecule has 0 amide bonds. The van der Waals surface area contributed by atoms with Crippen LogP contribution in [0.15, 0.2) is 18.2 Å². The van der Waals surface area contributed by atoms with Crippen LogP contribution < -0.4 is 5.32 Å². The predicted molar refractivity (Wildman–Crippen MR) is 84.7 cm³/mol. The Morgan fingerprint density at radius 3 is 3.25 bits per heavy atom. The summed E-state index contributed by atoms with van der Waals surface area (Å²) in [5.41, 5.74) is 2.33. The molecule has 0 aliphatic carbocycles. The Balaban J connectivity index is 1.62. The van der Waals surface area contributed by atoms with Crippen molar-refractivity contribution < 1.29 is 4.74 Å². The number of fused-ring (bicyclic) bond motifs is 1. The maximum Gasteiger partial charge on any atom is 0.183 e. The maximum absolute atomic E-state index is 5.80. The van der Waals surface area contributed by atoms with Gasteiger partial charge in [-0.25, -0.2) is 4.98 Å². The van der Waals surface area contributed by atoms with Crippen LogP contribution >= 0.6 is 11.3 Å². The van der Waals surface area contributed by atoms with Gasteiger partial charge in [0.1, 0.15) is 0 Å². The monoisotopic (exact) mass is 291 g/mol. The van der Waals surface area contributed by atoms with Gasteiger partial charge in [0, 0.05) is 19.6 Å². The van der Waals surface area contributed by atoms with Crippen molar-refractivity contribution in [2.24, 2.45) is 0 Å². The Morgan fingerprint density at radius 1 is 1.50 bits per heavy atom. The highest BCUT2D eigenvalue weighted by atomic mass is 32.1. The van der Waals surface area contributed by atoms with Gasteiger partial charge in [0.25, 0.3) is 0 Å². The van der Waals surface area contributed by atoms with Gasteiger partial charge >= 0.3 is 0 Å². The summed E-state index contributed by atoms with van der Waals surface area (Å²) in [4.78, 5) is 7.06. The first-order chi connectivity index (χ1) is 9.74. The van der Waals surface area contributed by atoms with Gasteiger partial charge in [-0.2, -0.15) is 0 Å². The SMILES string of the molecule is CCN1CCOC(CNc2nc3cc(C)ccc3s2)C1. The molecule has 0 saturated carbocycles. The minimum Gasteiger partial charge on any atom is -0.374 e. The van der Waals surface area contributed by atoms with Crippen molar-refractivity contribution in [1.29, 1.82) is 0 Å². The van der Waals surface area contributed by atoms with Crippen LogP contribution in [0.5, 0.6) is 0 Å². The lowest BCUT2D eigenvalue weighted by Crippen LogP contribution is -2.45. The zero-order chi connectivity index (χ0) is 13.9. The van der Waals surface area contributed by atoms with Crippen molar-refractivity contribution in [2.45, 2.75) is 20.0 Å². The molecule has 1 atom stereocenters. The smallest absolute Gasteiger partial charge is 0.183 e. The van der Waals surface area contributed by atoms with Crippen LogP contribution in [0.4, 0.5) is 5.13 Å². The van der Waals surface area contributed by atoms with E-state index in [0.717, 1.165) is 43.4 Å². The van der Waals surface area contributed by atoms with E-state index in [9.17, 15) is 0 Å². The number of hydrogen-bond acceptors (Lipinski definition) is 5. The third kappa shape index (κ3) is 3.11. The van der Waals surface area contributed by atoms with Crippen LogP contribution in [0.2, 0.25) is 0 Å². The summed E-state index contributed by atoms with van der Waals surface area (Å²) >= 11 is 1.71. The van der Waals surface area contributed by atoms with Crippen LogP contribution in [-0.2, 0) is 4.74 Å². The average molecular weight is 291 g/mol. The Hall–Kier alpha value is -1.17. The van der Waals surface area contributed by atoms with E-state index in [1.54, 1.807) is 11.3 Å². The Kier molecular flexibility index (Phi) is 4.19. The van der Waals surface area contributed by atoms with Gasteiger partial charge in [-0.3, -0.25) is 4.90 Å². The molecule has 1 saturated heterocycles. The number of benzene rings is 1. The molecule has 20 heavy (non-hydrogen) atoms. The molecule has 0 bridgehead atoms. The quantitative estimate of drug-likeness (QED) is 0.940. The molecule has 1 N–H and O–H groups in total. The molecule has 108 valence electrons. The topological polar surface area (TPSA) is 37.4 Å². The molecule has 0 radical (unpaired) electrons. The molecule has 1 aromatic heterocycles. The normalized spacial score (nSPS) is 20.4. The van der Waals surface area contributed by atoms with Crippen LogP contribution in [0.1, 0.15) is 12.5 Å². The molecule has 2 heterocycles. The maximum atomic E-state index is 5.80. The number of rotatable bonds is 4. The van der Waals surface area contributed by atoms with Gasteiger partial charge in [-0.15, -0.1) is 0 Å². The van der Waals surface area contributed by atoms with Crippen molar-refractivity contribution >= 4 is 26.7 Å². The number of aryl methyl sites for hydroxylation is 1. The number of aromatic nitrogens is 1. The Labute approximate surface area is 123 Å². The molecule has 4 nitrogen and oxygen atoms in total. The molecular formula is C15H21N3OS. The van der Waals surface area contributed by atoms with Crippen LogP contribution in [0.3, 0.4) is 0 Å². The lowest BCUT2D eigenvalue weighted by molar-refractivity contribution is -0.0191. The molecule has 2 aromatic rings. The fraction of sp³-hybridized carbons (Fsp3) is 0.533. The average Bonchev–Trinajstić information content (AvgIpc) is 2.87. The van der Waals surface area contributed by atoms with E-state index in [1.807, 2.05) is 0 Å². The van der Waals surface area contributed by atoms with Crippen molar-refractivity contribution in [2.75, 3.05) is 38.1 Å². The van der Waals surface area contributed by atoms with Gasteiger partial charge in [-0.1, -0.05) is 24.3 Å². The fourth-order valence-corrected chi connectivity index (χ4v) is 3.36. The summed E-state index contributed by atoms with van der Waals surface area (Å²) in [5, 5.41) is 4.41. The number of hydrogen-bond donors (Lipinski definition) is 1. The standard InChI is InChI=1S/C15H21N3OS/c1-3-18-6-7-19-12(10-18)9-16-15-17-13-8-11(2)4-5-14(13)20-15/h4-5,8,12H,3,6-7,9-10H2,1-2H3,(H,16,17). The molecule has 1 aromatic carbocycles. The lowest BCUT2D eigenvalue weighted by Gasteiger charge is -2.32. The summed E-state index contributed by atoms with van der Waals surface area (Å²) in [6.07, 6.45) is 0.262. The number of ether oxygens (including phenoxy) is 1. The fourth-order valence-electron chi connectivity index (χ4n) is 2.51. The number of morpholine rings is 1. The molecular weight excluding hydrogens is 270 g/mol. The summed E-state index contributed by atoms with van der Waals surface area (Å²) in [6, 6.07) is 6.41. The zero-order valence-corrected chi connectivity index (χ0v) is 12.9. The van der Waals surface area contributed by atoms with Crippen LogP contribution in [0, 0.1) is 6.92 Å². The van der Waals surface area contributed by atoms with Gasteiger partial charge in [0.15, 0.2) is 5.13 Å². The van der Waals surface area contributed by atoms with Gasteiger partial charge in [-0.05, 0) is 31.2 Å². The summed E-state index contributed by atoms with van der Waals surface area (Å²) in [7, 11) is 0. The number of nitrogens with one attached hydrogen (secondary N) is 1. The van der Waals surface area contributed by atoms with E-state index < -0.39 is 0 Å². The summed E-state index contributed by atoms with van der Waals surface area (Å²) in [6.45, 7) is 9.11. The molecule has 3 rings (SSSR count). The highest BCUT2D eigenvalue weighted by molar-refractivity contribution is 7.22. The third-order valence-electron chi connectivity index (χ3n) is 3.69. The van der Waals surface area contributed by atoms with E-state index in [2.05, 4.69) is 47.2 Å². The van der Waals surface area contributed by atoms with Crippen molar-refractivity contribution in [1.82, 2.24) is 9.88 Å². The van der Waals surface area contributed by atoms with Gasteiger partial charge < -0.3 is 10.1 Å². The van der Waals surface area contributed by atoms with E-state index in [0.29, 0.717) is 0 Å². The molecule has 1 fully saturated rings. The highest BCUT2D eigenvalue weighted by Gasteiger charge is 2.19. The van der Waals surface area contributed by atoms with Crippen molar-refractivity contribution in [3.63, 3.8) is 0 Å². The third-order valence-corrected chi connectivity index (χ3v) is 4.69. The Bertz CT molecular complexity index is 584. The largest absolute Gasteiger partial charge is 0.374 e. The minimum atomic E-state index is 0.262. The van der Waals surface area contributed by atoms with Crippen LogP contribution in [-0.4, -0.2) is 48.8 Å². The zero-order valence-electron chi connectivity index (χ0n) is 12.1. The predicted octanol–water partition coefficient (Wildman–Crippen LogP) is 2.74. The molecule has 1 unspecified atom stereocenters. The minimum absolute atomic E-state index is 0.262. The first-order valence-corrected chi connectivity index (χ1v) is 8.01. The molecule has 0 spiro atoms. The number of thiazole rings is 1. The van der Waals surface area contributed by atoms with Crippen LogP contribution in [0.25, 0.3) is 10.2 Å². The van der Waals surface area contributed by atoms with Crippen molar-refractivity contribution in [3.8, 4) is 0 Å².